The lowest BCUT2D eigenvalue weighted by Crippen LogP contribution is -2.13. The molecule has 2 nitrogen and oxygen atoms in total. The second kappa shape index (κ2) is 5.97. The molecule has 0 aliphatic carbocycles. The van der Waals surface area contributed by atoms with Crippen molar-refractivity contribution in [3.63, 3.8) is 0 Å². The zero-order valence-electron chi connectivity index (χ0n) is 10.3. The maximum atomic E-state index is 13.4. The lowest BCUT2D eigenvalue weighted by atomic mass is 10.2. The van der Waals surface area contributed by atoms with Crippen LogP contribution in [0.5, 0.6) is 0 Å². The van der Waals surface area contributed by atoms with Crippen LogP contribution in [-0.4, -0.2) is 4.98 Å². The van der Waals surface area contributed by atoms with Gasteiger partial charge < -0.3 is 5.32 Å². The van der Waals surface area contributed by atoms with Gasteiger partial charge in [0.15, 0.2) is 0 Å². The fourth-order valence-corrected chi connectivity index (χ4v) is 1.99. The van der Waals surface area contributed by atoms with Crippen molar-refractivity contribution in [3.8, 4) is 0 Å². The van der Waals surface area contributed by atoms with Gasteiger partial charge in [0.25, 0.3) is 0 Å². The van der Waals surface area contributed by atoms with Crippen molar-refractivity contribution in [3.05, 3.63) is 57.7 Å². The molecule has 1 aromatic heterocycles. The molecule has 0 unspecified atom stereocenters. The molecular formula is C13H8BrF5N2. The van der Waals surface area contributed by atoms with Crippen LogP contribution < -0.4 is 5.32 Å². The molecule has 0 amide bonds. The zero-order valence-corrected chi connectivity index (χ0v) is 11.9. The summed E-state index contributed by atoms with van der Waals surface area (Å²) >= 11 is 2.91. The number of nitrogens with one attached hydrogen (secondary N) is 1. The summed E-state index contributed by atoms with van der Waals surface area (Å²) < 4.78 is 65.2. The molecule has 1 N–H and O–H groups in total. The Balaban J connectivity index is 2.26. The summed E-state index contributed by atoms with van der Waals surface area (Å²) in [6.45, 7) is -0.318. The summed E-state index contributed by atoms with van der Waals surface area (Å²) in [6, 6.07) is 3.61. The average Bonchev–Trinajstić information content (AvgIpc) is 2.40. The molecule has 0 saturated heterocycles. The van der Waals surface area contributed by atoms with Crippen LogP contribution in [0, 0.1) is 11.6 Å². The van der Waals surface area contributed by atoms with Crippen LogP contribution in [0.2, 0.25) is 0 Å². The highest BCUT2D eigenvalue weighted by Crippen LogP contribution is 2.35. The van der Waals surface area contributed by atoms with E-state index in [9.17, 15) is 22.0 Å². The van der Waals surface area contributed by atoms with Crippen LogP contribution in [0.25, 0.3) is 0 Å². The summed E-state index contributed by atoms with van der Waals surface area (Å²) in [6.07, 6.45) is -3.43. The molecule has 0 aliphatic rings. The summed E-state index contributed by atoms with van der Waals surface area (Å²) in [5.74, 6) is -1.84. The molecule has 0 spiro atoms. The first-order valence-corrected chi connectivity index (χ1v) is 6.47. The molecular weight excluding hydrogens is 359 g/mol. The minimum Gasteiger partial charge on any atom is -0.365 e. The van der Waals surface area contributed by atoms with Crippen molar-refractivity contribution in [2.24, 2.45) is 0 Å². The number of halogens is 6. The van der Waals surface area contributed by atoms with E-state index >= 15 is 0 Å². The van der Waals surface area contributed by atoms with Gasteiger partial charge in [0.1, 0.15) is 17.5 Å². The van der Waals surface area contributed by atoms with Crippen molar-refractivity contribution in [1.82, 2.24) is 4.98 Å². The third-order valence-corrected chi connectivity index (χ3v) is 3.05. The molecule has 112 valence electrons. The molecule has 0 radical (unpaired) electrons. The SMILES string of the molecule is Fc1ccc(F)c(CNc2ncc(Br)cc2C(F)(F)F)c1. The number of aromatic nitrogens is 1. The Hall–Kier alpha value is -1.70. The second-order valence-electron chi connectivity index (χ2n) is 4.14. The van der Waals surface area contributed by atoms with Crippen molar-refractivity contribution in [1.29, 1.82) is 0 Å². The topological polar surface area (TPSA) is 24.9 Å². The maximum absolute atomic E-state index is 13.4. The van der Waals surface area contributed by atoms with Gasteiger partial charge in [-0.15, -0.1) is 0 Å². The first-order chi connectivity index (χ1) is 9.77. The smallest absolute Gasteiger partial charge is 0.365 e. The number of alkyl halides is 3. The van der Waals surface area contributed by atoms with Gasteiger partial charge in [0.05, 0.1) is 5.56 Å². The van der Waals surface area contributed by atoms with Gasteiger partial charge >= 0.3 is 6.18 Å². The Morgan fingerprint density at radius 1 is 1.14 bits per heavy atom. The minimum absolute atomic E-state index is 0.0900. The molecule has 8 heteroatoms. The third-order valence-electron chi connectivity index (χ3n) is 2.61. The zero-order chi connectivity index (χ0) is 15.6. The number of benzene rings is 1. The second-order valence-corrected chi connectivity index (χ2v) is 5.05. The van der Waals surface area contributed by atoms with E-state index in [-0.39, 0.29) is 16.6 Å². The molecule has 2 aromatic rings. The Morgan fingerprint density at radius 3 is 2.52 bits per heavy atom. The number of pyridine rings is 1. The Kier molecular flexibility index (Phi) is 4.46. The van der Waals surface area contributed by atoms with Crippen molar-refractivity contribution >= 4 is 21.7 Å². The molecule has 0 atom stereocenters. The van der Waals surface area contributed by atoms with E-state index in [1.165, 1.54) is 6.20 Å². The normalized spacial score (nSPS) is 11.5. The van der Waals surface area contributed by atoms with Gasteiger partial charge in [0, 0.05) is 22.8 Å². The van der Waals surface area contributed by atoms with Crippen LogP contribution in [-0.2, 0) is 12.7 Å². The summed E-state index contributed by atoms with van der Waals surface area (Å²) in [5.41, 5.74) is -1.08. The van der Waals surface area contributed by atoms with E-state index in [4.69, 9.17) is 0 Å². The molecule has 21 heavy (non-hydrogen) atoms. The predicted molar refractivity (Wildman–Crippen MR) is 70.6 cm³/mol. The lowest BCUT2D eigenvalue weighted by Gasteiger charge is -2.14. The number of hydrogen-bond acceptors (Lipinski definition) is 2. The van der Waals surface area contributed by atoms with Crippen LogP contribution in [0.1, 0.15) is 11.1 Å². The quantitative estimate of drug-likeness (QED) is 0.792. The molecule has 1 aromatic carbocycles. The van der Waals surface area contributed by atoms with Gasteiger partial charge in [-0.05, 0) is 40.2 Å². The predicted octanol–water partition coefficient (Wildman–Crippen LogP) is 4.75. The van der Waals surface area contributed by atoms with Gasteiger partial charge in [0.2, 0.25) is 0 Å². The van der Waals surface area contributed by atoms with Gasteiger partial charge in [-0.3, -0.25) is 0 Å². The molecule has 0 saturated carbocycles. The average molecular weight is 367 g/mol. The fraction of sp³-hybridized carbons (Fsp3) is 0.154. The maximum Gasteiger partial charge on any atom is 0.419 e. The fourth-order valence-electron chi connectivity index (χ4n) is 1.65. The number of nitrogens with zero attached hydrogens (tertiary/aromatic N) is 1. The molecule has 0 aliphatic heterocycles. The van der Waals surface area contributed by atoms with E-state index in [0.717, 1.165) is 24.3 Å². The summed E-state index contributed by atoms with van der Waals surface area (Å²) in [5, 5.41) is 2.37. The number of hydrogen-bond donors (Lipinski definition) is 1. The van der Waals surface area contributed by atoms with Crippen molar-refractivity contribution in [2.45, 2.75) is 12.7 Å². The van der Waals surface area contributed by atoms with Crippen LogP contribution >= 0.6 is 15.9 Å². The number of rotatable bonds is 3. The third kappa shape index (κ3) is 3.90. The van der Waals surface area contributed by atoms with Crippen molar-refractivity contribution in [2.75, 3.05) is 5.32 Å². The Bertz CT molecular complexity index is 657. The largest absolute Gasteiger partial charge is 0.419 e. The Morgan fingerprint density at radius 2 is 1.86 bits per heavy atom. The van der Waals surface area contributed by atoms with Crippen LogP contribution in [0.4, 0.5) is 27.8 Å². The molecule has 0 bridgehead atoms. The summed E-state index contributed by atoms with van der Waals surface area (Å²) in [7, 11) is 0. The van der Waals surface area contributed by atoms with E-state index in [1.807, 2.05) is 0 Å². The van der Waals surface area contributed by atoms with Gasteiger partial charge in [-0.1, -0.05) is 0 Å². The van der Waals surface area contributed by atoms with Crippen molar-refractivity contribution < 1.29 is 22.0 Å². The highest BCUT2D eigenvalue weighted by atomic mass is 79.9. The minimum atomic E-state index is -4.61. The van der Waals surface area contributed by atoms with Gasteiger partial charge in [-0.25, -0.2) is 13.8 Å². The van der Waals surface area contributed by atoms with Crippen LogP contribution in [0.3, 0.4) is 0 Å². The molecule has 1 heterocycles. The molecule has 0 fully saturated rings. The van der Waals surface area contributed by atoms with E-state index in [1.54, 1.807) is 0 Å². The summed E-state index contributed by atoms with van der Waals surface area (Å²) in [4.78, 5) is 3.62. The monoisotopic (exact) mass is 366 g/mol. The van der Waals surface area contributed by atoms with E-state index in [2.05, 4.69) is 26.2 Å². The number of anilines is 1. The highest BCUT2D eigenvalue weighted by molar-refractivity contribution is 9.10. The van der Waals surface area contributed by atoms with E-state index in [0.29, 0.717) is 0 Å². The first kappa shape index (κ1) is 15.7. The Labute approximate surface area is 125 Å². The highest BCUT2D eigenvalue weighted by Gasteiger charge is 2.34. The lowest BCUT2D eigenvalue weighted by molar-refractivity contribution is -0.137. The van der Waals surface area contributed by atoms with E-state index < -0.39 is 29.2 Å². The standard InChI is InChI=1S/C13H8BrF5N2/c14-8-4-10(13(17,18)19)12(21-6-8)20-5-7-3-9(15)1-2-11(7)16/h1-4,6H,5H2,(H,20,21). The van der Waals surface area contributed by atoms with Gasteiger partial charge in [-0.2, -0.15) is 13.2 Å². The first-order valence-electron chi connectivity index (χ1n) is 5.68. The van der Waals surface area contributed by atoms with Crippen LogP contribution in [0.15, 0.2) is 34.9 Å². The molecule has 2 rings (SSSR count).